The summed E-state index contributed by atoms with van der Waals surface area (Å²) in [6, 6.07) is 0. The number of methoxy groups -OCH3 is 1. The molecule has 9 heavy (non-hydrogen) atoms. The normalized spacial score (nSPS) is 14.3. The van der Waals surface area contributed by atoms with E-state index in [1.54, 1.807) is 0 Å². The molecule has 1 atom stereocenters. The molecule has 0 bridgehead atoms. The van der Waals surface area contributed by atoms with Gasteiger partial charge >= 0.3 is 0 Å². The molecule has 3 nitrogen and oxygen atoms in total. The van der Waals surface area contributed by atoms with Crippen LogP contribution < -0.4 is 0 Å². The van der Waals surface area contributed by atoms with Crippen molar-refractivity contribution in [2.24, 2.45) is 0 Å². The first-order valence-electron chi connectivity index (χ1n) is 2.99. The molecule has 0 aromatic heterocycles. The van der Waals surface area contributed by atoms with Crippen LogP contribution in [-0.4, -0.2) is 31.2 Å². The van der Waals surface area contributed by atoms with Crippen molar-refractivity contribution in [2.45, 2.75) is 26.2 Å². The van der Waals surface area contributed by atoms with Crippen molar-refractivity contribution in [3.63, 3.8) is 0 Å². The Morgan fingerprint density at radius 1 is 1.44 bits per heavy atom. The van der Waals surface area contributed by atoms with E-state index < -0.39 is 6.29 Å². The summed E-state index contributed by atoms with van der Waals surface area (Å²) in [4.78, 5) is 0. The SMILES string of the molecule is COCC(O)OC(C)C. The number of aliphatic hydroxyl groups excluding tert-OH is 1. The summed E-state index contributed by atoms with van der Waals surface area (Å²) in [5, 5.41) is 8.87. The van der Waals surface area contributed by atoms with Gasteiger partial charge in [0.05, 0.1) is 12.7 Å². The summed E-state index contributed by atoms with van der Waals surface area (Å²) < 4.78 is 9.55. The third-order valence-electron chi connectivity index (χ3n) is 0.738. The predicted octanol–water partition coefficient (Wildman–Crippen LogP) is 0.376. The Bertz CT molecular complexity index is 63.3. The number of hydrogen-bond acceptors (Lipinski definition) is 3. The molecule has 0 saturated carbocycles. The van der Waals surface area contributed by atoms with Gasteiger partial charge in [0.1, 0.15) is 0 Å². The smallest absolute Gasteiger partial charge is 0.178 e. The number of hydrogen-bond donors (Lipinski definition) is 1. The summed E-state index contributed by atoms with van der Waals surface area (Å²) in [7, 11) is 1.52. The van der Waals surface area contributed by atoms with Gasteiger partial charge in [0.15, 0.2) is 6.29 Å². The maximum absolute atomic E-state index is 8.87. The second kappa shape index (κ2) is 4.73. The van der Waals surface area contributed by atoms with E-state index in [-0.39, 0.29) is 12.7 Å². The highest BCUT2D eigenvalue weighted by Crippen LogP contribution is 1.93. The molecular formula is C6H14O3. The van der Waals surface area contributed by atoms with E-state index in [0.717, 1.165) is 0 Å². The van der Waals surface area contributed by atoms with Crippen LogP contribution in [0.1, 0.15) is 13.8 Å². The quantitative estimate of drug-likeness (QED) is 0.565. The van der Waals surface area contributed by atoms with Crippen molar-refractivity contribution >= 4 is 0 Å². The fourth-order valence-electron chi connectivity index (χ4n) is 0.496. The second-order valence-electron chi connectivity index (χ2n) is 2.09. The Kier molecular flexibility index (Phi) is 4.67. The van der Waals surface area contributed by atoms with Crippen LogP contribution in [0.2, 0.25) is 0 Å². The minimum absolute atomic E-state index is 0.0511. The van der Waals surface area contributed by atoms with Crippen molar-refractivity contribution in [2.75, 3.05) is 13.7 Å². The van der Waals surface area contributed by atoms with Crippen LogP contribution >= 0.6 is 0 Å². The molecule has 0 aliphatic heterocycles. The summed E-state index contributed by atoms with van der Waals surface area (Å²) in [6.07, 6.45) is -0.731. The molecule has 0 heterocycles. The first-order chi connectivity index (χ1) is 4.16. The van der Waals surface area contributed by atoms with Crippen molar-refractivity contribution in [1.82, 2.24) is 0 Å². The summed E-state index contributed by atoms with van der Waals surface area (Å²) in [6.45, 7) is 3.95. The standard InChI is InChI=1S/C6H14O3/c1-5(2)9-6(7)4-8-3/h5-7H,4H2,1-3H3. The maximum atomic E-state index is 8.87. The zero-order valence-electron chi connectivity index (χ0n) is 6.13. The highest BCUT2D eigenvalue weighted by atomic mass is 16.6. The summed E-state index contributed by atoms with van der Waals surface area (Å²) in [5.41, 5.74) is 0. The van der Waals surface area contributed by atoms with E-state index >= 15 is 0 Å². The number of aliphatic hydroxyl groups is 1. The number of ether oxygens (including phenoxy) is 2. The first-order valence-corrected chi connectivity index (χ1v) is 2.99. The molecule has 0 radical (unpaired) electrons. The van der Waals surface area contributed by atoms with Crippen LogP contribution in [-0.2, 0) is 9.47 Å². The second-order valence-corrected chi connectivity index (χ2v) is 2.09. The lowest BCUT2D eigenvalue weighted by atomic mass is 10.5. The van der Waals surface area contributed by atoms with E-state index in [1.165, 1.54) is 7.11 Å². The highest BCUT2D eigenvalue weighted by molar-refractivity contribution is 4.40. The van der Waals surface area contributed by atoms with E-state index in [4.69, 9.17) is 9.84 Å². The molecular weight excluding hydrogens is 120 g/mol. The largest absolute Gasteiger partial charge is 0.379 e. The molecule has 56 valence electrons. The molecule has 0 aliphatic carbocycles. The van der Waals surface area contributed by atoms with Gasteiger partial charge in [0.25, 0.3) is 0 Å². The van der Waals surface area contributed by atoms with Crippen molar-refractivity contribution < 1.29 is 14.6 Å². The molecule has 0 fully saturated rings. The Balaban J connectivity index is 3.15. The van der Waals surface area contributed by atoms with E-state index in [2.05, 4.69) is 4.74 Å². The summed E-state index contributed by atoms with van der Waals surface area (Å²) in [5.74, 6) is 0. The lowest BCUT2D eigenvalue weighted by Crippen LogP contribution is -2.21. The molecule has 1 N–H and O–H groups in total. The minimum atomic E-state index is -0.782. The highest BCUT2D eigenvalue weighted by Gasteiger charge is 2.03. The van der Waals surface area contributed by atoms with Gasteiger partial charge in [-0.05, 0) is 13.8 Å². The zero-order chi connectivity index (χ0) is 7.28. The van der Waals surface area contributed by atoms with Crippen LogP contribution in [0.3, 0.4) is 0 Å². The Morgan fingerprint density at radius 3 is 2.33 bits per heavy atom. The molecule has 0 spiro atoms. The van der Waals surface area contributed by atoms with Gasteiger partial charge in [0, 0.05) is 7.11 Å². The topological polar surface area (TPSA) is 38.7 Å². The molecule has 0 amide bonds. The van der Waals surface area contributed by atoms with Gasteiger partial charge in [0.2, 0.25) is 0 Å². The maximum Gasteiger partial charge on any atom is 0.178 e. The fourth-order valence-corrected chi connectivity index (χ4v) is 0.496. The Labute approximate surface area is 55.6 Å². The molecule has 1 unspecified atom stereocenters. The number of rotatable bonds is 4. The zero-order valence-corrected chi connectivity index (χ0v) is 6.13. The van der Waals surface area contributed by atoms with Gasteiger partial charge < -0.3 is 14.6 Å². The third kappa shape index (κ3) is 5.76. The first kappa shape index (κ1) is 8.88. The van der Waals surface area contributed by atoms with Gasteiger partial charge in [-0.1, -0.05) is 0 Å². The Morgan fingerprint density at radius 2 is 2.00 bits per heavy atom. The molecule has 0 rings (SSSR count). The molecule has 3 heteroatoms. The summed E-state index contributed by atoms with van der Waals surface area (Å²) >= 11 is 0. The van der Waals surface area contributed by atoms with Gasteiger partial charge in [-0.25, -0.2) is 0 Å². The lowest BCUT2D eigenvalue weighted by Gasteiger charge is -2.12. The van der Waals surface area contributed by atoms with E-state index in [9.17, 15) is 0 Å². The molecule has 0 aromatic rings. The van der Waals surface area contributed by atoms with Crippen LogP contribution in [0.25, 0.3) is 0 Å². The van der Waals surface area contributed by atoms with Crippen molar-refractivity contribution in [1.29, 1.82) is 0 Å². The Hall–Kier alpha value is -0.120. The van der Waals surface area contributed by atoms with E-state index in [1.807, 2.05) is 13.8 Å². The molecule has 0 aliphatic rings. The fraction of sp³-hybridized carbons (Fsp3) is 1.00. The monoisotopic (exact) mass is 134 g/mol. The molecule has 0 saturated heterocycles. The predicted molar refractivity (Wildman–Crippen MR) is 34.1 cm³/mol. The van der Waals surface area contributed by atoms with Gasteiger partial charge in [-0.3, -0.25) is 0 Å². The average molecular weight is 134 g/mol. The van der Waals surface area contributed by atoms with Crippen LogP contribution in [0.4, 0.5) is 0 Å². The van der Waals surface area contributed by atoms with Gasteiger partial charge in [-0.2, -0.15) is 0 Å². The third-order valence-corrected chi connectivity index (χ3v) is 0.738. The lowest BCUT2D eigenvalue weighted by molar-refractivity contribution is -0.152. The van der Waals surface area contributed by atoms with Crippen LogP contribution in [0, 0.1) is 0 Å². The van der Waals surface area contributed by atoms with Crippen molar-refractivity contribution in [3.05, 3.63) is 0 Å². The van der Waals surface area contributed by atoms with Crippen molar-refractivity contribution in [3.8, 4) is 0 Å². The van der Waals surface area contributed by atoms with Crippen LogP contribution in [0.15, 0.2) is 0 Å². The van der Waals surface area contributed by atoms with E-state index in [0.29, 0.717) is 0 Å². The van der Waals surface area contributed by atoms with Gasteiger partial charge in [-0.15, -0.1) is 0 Å². The average Bonchev–Trinajstić information content (AvgIpc) is 1.63. The molecule has 0 aromatic carbocycles. The minimum Gasteiger partial charge on any atom is -0.379 e. The van der Waals surface area contributed by atoms with Crippen LogP contribution in [0.5, 0.6) is 0 Å².